The molecule has 0 saturated heterocycles. The van der Waals surface area contributed by atoms with Gasteiger partial charge in [0.25, 0.3) is 0 Å². The van der Waals surface area contributed by atoms with Gasteiger partial charge in [0, 0.05) is 24.4 Å². The van der Waals surface area contributed by atoms with Gasteiger partial charge in [-0.05, 0) is 67.8 Å². The van der Waals surface area contributed by atoms with Gasteiger partial charge in [0.05, 0.1) is 0 Å². The molecule has 0 spiro atoms. The van der Waals surface area contributed by atoms with Gasteiger partial charge in [-0.3, -0.25) is 4.79 Å². The first-order chi connectivity index (χ1) is 8.72. The molecule has 96 valence electrons. The van der Waals surface area contributed by atoms with Crippen molar-refractivity contribution in [3.63, 3.8) is 0 Å². The van der Waals surface area contributed by atoms with Crippen molar-refractivity contribution >= 4 is 5.78 Å². The first-order valence-corrected chi connectivity index (χ1v) is 7.38. The zero-order valence-electron chi connectivity index (χ0n) is 10.8. The van der Waals surface area contributed by atoms with Gasteiger partial charge in [-0.25, -0.2) is 0 Å². The fourth-order valence-electron chi connectivity index (χ4n) is 5.45. The number of hydrogen-bond donors (Lipinski definition) is 1. The summed E-state index contributed by atoms with van der Waals surface area (Å²) in [5.41, 5.74) is 1.26. The number of aromatic amines is 1. The van der Waals surface area contributed by atoms with Crippen LogP contribution in [0.5, 0.6) is 0 Å². The highest BCUT2D eigenvalue weighted by Crippen LogP contribution is 2.61. The van der Waals surface area contributed by atoms with Crippen LogP contribution in [-0.4, -0.2) is 10.8 Å². The Morgan fingerprint density at radius 2 is 1.78 bits per heavy atom. The van der Waals surface area contributed by atoms with E-state index in [9.17, 15) is 4.79 Å². The number of H-pyrrole nitrogens is 1. The van der Waals surface area contributed by atoms with Crippen molar-refractivity contribution in [1.29, 1.82) is 0 Å². The Hall–Kier alpha value is -1.05. The normalized spacial score (nSPS) is 41.2. The molecule has 4 bridgehead atoms. The zero-order valence-corrected chi connectivity index (χ0v) is 10.8. The highest BCUT2D eigenvalue weighted by Gasteiger charge is 2.51. The molecule has 2 nitrogen and oxygen atoms in total. The first kappa shape index (κ1) is 10.8. The fraction of sp³-hybridized carbons (Fsp3) is 0.688. The number of Topliss-reactive ketones (excluding diaryl/α,β-unsaturated/α-hetero) is 1. The van der Waals surface area contributed by atoms with Gasteiger partial charge < -0.3 is 4.98 Å². The smallest absolute Gasteiger partial charge is 0.164 e. The third-order valence-electron chi connectivity index (χ3n) is 5.62. The largest absolute Gasteiger partial charge is 0.367 e. The van der Waals surface area contributed by atoms with Crippen molar-refractivity contribution in [3.8, 4) is 0 Å². The molecule has 1 N–H and O–H groups in total. The topological polar surface area (TPSA) is 32.9 Å². The Kier molecular flexibility index (Phi) is 2.24. The lowest BCUT2D eigenvalue weighted by Gasteiger charge is -2.56. The molecule has 18 heavy (non-hydrogen) atoms. The summed E-state index contributed by atoms with van der Waals surface area (Å²) in [5.74, 6) is 3.18. The lowest BCUT2D eigenvalue weighted by atomic mass is 9.48. The Morgan fingerprint density at radius 1 is 1.17 bits per heavy atom. The van der Waals surface area contributed by atoms with E-state index in [1.807, 2.05) is 18.5 Å². The van der Waals surface area contributed by atoms with Crippen molar-refractivity contribution in [2.45, 2.75) is 44.9 Å². The van der Waals surface area contributed by atoms with Crippen molar-refractivity contribution < 1.29 is 4.79 Å². The van der Waals surface area contributed by atoms with Gasteiger partial charge in [-0.15, -0.1) is 0 Å². The van der Waals surface area contributed by atoms with Crippen LogP contribution in [0.2, 0.25) is 0 Å². The molecule has 1 heterocycles. The maximum atomic E-state index is 12.4. The Morgan fingerprint density at radius 3 is 2.28 bits per heavy atom. The predicted molar refractivity (Wildman–Crippen MR) is 70.3 cm³/mol. The molecule has 4 saturated carbocycles. The van der Waals surface area contributed by atoms with Gasteiger partial charge in [-0.2, -0.15) is 0 Å². The lowest BCUT2D eigenvalue weighted by molar-refractivity contribution is -0.0524. The van der Waals surface area contributed by atoms with Crippen molar-refractivity contribution in [1.82, 2.24) is 4.98 Å². The SMILES string of the molecule is O=C(CC12CC3CC(CC(C3)C1)C2)c1cc[nH]c1. The molecule has 4 fully saturated rings. The van der Waals surface area contributed by atoms with Crippen LogP contribution in [0.3, 0.4) is 0 Å². The predicted octanol–water partition coefficient (Wildman–Crippen LogP) is 3.80. The summed E-state index contributed by atoms with van der Waals surface area (Å²) in [5, 5.41) is 0. The van der Waals surface area contributed by atoms with Gasteiger partial charge in [0.1, 0.15) is 0 Å². The molecule has 0 radical (unpaired) electrons. The molecular weight excluding hydrogens is 222 g/mol. The van der Waals surface area contributed by atoms with Crippen LogP contribution >= 0.6 is 0 Å². The maximum Gasteiger partial charge on any atom is 0.164 e. The lowest BCUT2D eigenvalue weighted by Crippen LogP contribution is -2.46. The monoisotopic (exact) mass is 243 g/mol. The number of rotatable bonds is 3. The second kappa shape index (κ2) is 3.72. The number of hydrogen-bond acceptors (Lipinski definition) is 1. The first-order valence-electron chi connectivity index (χ1n) is 7.38. The van der Waals surface area contributed by atoms with E-state index < -0.39 is 0 Å². The summed E-state index contributed by atoms with van der Waals surface area (Å²) in [4.78, 5) is 15.4. The molecule has 0 aromatic carbocycles. The summed E-state index contributed by atoms with van der Waals surface area (Å²) in [6.07, 6.45) is 12.9. The highest BCUT2D eigenvalue weighted by molar-refractivity contribution is 5.96. The molecule has 2 heteroatoms. The molecule has 0 unspecified atom stereocenters. The number of nitrogens with one attached hydrogen (secondary N) is 1. The minimum Gasteiger partial charge on any atom is -0.367 e. The van der Waals surface area contributed by atoms with Crippen LogP contribution in [0, 0.1) is 23.2 Å². The van der Waals surface area contributed by atoms with E-state index in [2.05, 4.69) is 4.98 Å². The van der Waals surface area contributed by atoms with Crippen LogP contribution in [0.25, 0.3) is 0 Å². The second-order valence-electron chi connectivity index (χ2n) is 7.12. The number of carbonyl (C=O) groups excluding carboxylic acids is 1. The summed E-state index contributed by atoms with van der Waals surface area (Å²) < 4.78 is 0. The maximum absolute atomic E-state index is 12.4. The molecule has 4 aliphatic carbocycles. The Balaban J connectivity index is 1.56. The minimum absolute atomic E-state index is 0.359. The minimum atomic E-state index is 0.359. The van der Waals surface area contributed by atoms with Crippen LogP contribution < -0.4 is 0 Å². The third kappa shape index (κ3) is 1.65. The van der Waals surface area contributed by atoms with Crippen LogP contribution in [0.15, 0.2) is 18.5 Å². The van der Waals surface area contributed by atoms with Crippen molar-refractivity contribution in [3.05, 3.63) is 24.0 Å². The summed E-state index contributed by atoms with van der Waals surface area (Å²) in [6, 6.07) is 1.92. The van der Waals surface area contributed by atoms with Crippen molar-refractivity contribution in [2.24, 2.45) is 23.2 Å². The number of aromatic nitrogens is 1. The zero-order chi connectivity index (χ0) is 12.2. The van der Waals surface area contributed by atoms with Crippen LogP contribution in [-0.2, 0) is 0 Å². The molecule has 1 aromatic heterocycles. The highest BCUT2D eigenvalue weighted by atomic mass is 16.1. The molecular formula is C16H21NO. The molecule has 5 rings (SSSR count). The van der Waals surface area contributed by atoms with Gasteiger partial charge >= 0.3 is 0 Å². The molecule has 0 atom stereocenters. The van der Waals surface area contributed by atoms with E-state index in [1.165, 1.54) is 38.5 Å². The van der Waals surface area contributed by atoms with Crippen LogP contribution in [0.1, 0.15) is 55.3 Å². The van der Waals surface area contributed by atoms with Gasteiger partial charge in [0.2, 0.25) is 0 Å². The summed E-state index contributed by atoms with van der Waals surface area (Å²) in [6.45, 7) is 0. The van der Waals surface area contributed by atoms with E-state index in [4.69, 9.17) is 0 Å². The second-order valence-corrected chi connectivity index (χ2v) is 7.12. The standard InChI is InChI=1S/C16H21NO/c18-15(14-1-2-17-10-14)9-16-6-11-3-12(7-16)5-13(4-11)8-16/h1-2,10-13,17H,3-9H2. The average molecular weight is 243 g/mol. The quantitative estimate of drug-likeness (QED) is 0.805. The average Bonchev–Trinajstić information content (AvgIpc) is 2.79. The van der Waals surface area contributed by atoms with Gasteiger partial charge in [-0.1, -0.05) is 0 Å². The van der Waals surface area contributed by atoms with E-state index in [0.29, 0.717) is 11.2 Å². The Labute approximate surface area is 108 Å². The molecule has 0 aliphatic heterocycles. The van der Waals surface area contributed by atoms with E-state index in [-0.39, 0.29) is 0 Å². The van der Waals surface area contributed by atoms with Crippen molar-refractivity contribution in [2.75, 3.05) is 0 Å². The number of ketones is 1. The van der Waals surface area contributed by atoms with E-state index in [1.54, 1.807) is 0 Å². The van der Waals surface area contributed by atoms with Gasteiger partial charge in [0.15, 0.2) is 5.78 Å². The third-order valence-corrected chi connectivity index (χ3v) is 5.62. The summed E-state index contributed by atoms with van der Waals surface area (Å²) in [7, 11) is 0. The van der Waals surface area contributed by atoms with E-state index in [0.717, 1.165) is 29.7 Å². The molecule has 4 aliphatic rings. The van der Waals surface area contributed by atoms with Crippen LogP contribution in [0.4, 0.5) is 0 Å². The Bertz CT molecular complexity index is 424. The molecule has 1 aromatic rings. The summed E-state index contributed by atoms with van der Waals surface area (Å²) >= 11 is 0. The number of carbonyl (C=O) groups is 1. The fourth-order valence-corrected chi connectivity index (χ4v) is 5.45. The molecule has 0 amide bonds. The van der Waals surface area contributed by atoms with E-state index >= 15 is 0 Å².